The molecule has 20 heavy (non-hydrogen) atoms. The van der Waals surface area contributed by atoms with Gasteiger partial charge in [-0.2, -0.15) is 0 Å². The molecule has 0 aromatic heterocycles. The summed E-state index contributed by atoms with van der Waals surface area (Å²) < 4.78 is 14.3. The molecule has 0 spiro atoms. The van der Waals surface area contributed by atoms with Crippen molar-refractivity contribution in [2.24, 2.45) is 11.1 Å². The standard InChI is InChI=1S/C14H16BrFN2OS/c15-9-5-4-6-10(16)11(9)18-13(19)14(12(17)20)7-2-1-3-8-14/h4-6H,1-3,7-8H2,(H2,17,20)(H,18,19). The van der Waals surface area contributed by atoms with E-state index in [9.17, 15) is 9.18 Å². The number of hydrogen-bond acceptors (Lipinski definition) is 2. The Morgan fingerprint density at radius 1 is 1.35 bits per heavy atom. The second-order valence-electron chi connectivity index (χ2n) is 5.06. The lowest BCUT2D eigenvalue weighted by atomic mass is 9.73. The maximum Gasteiger partial charge on any atom is 0.237 e. The van der Waals surface area contributed by atoms with Crippen LogP contribution in [0.25, 0.3) is 0 Å². The van der Waals surface area contributed by atoms with Crippen molar-refractivity contribution in [2.45, 2.75) is 32.1 Å². The largest absolute Gasteiger partial charge is 0.392 e. The van der Waals surface area contributed by atoms with E-state index >= 15 is 0 Å². The highest BCUT2D eigenvalue weighted by Gasteiger charge is 2.42. The molecule has 0 heterocycles. The molecule has 0 saturated heterocycles. The zero-order valence-corrected chi connectivity index (χ0v) is 13.3. The van der Waals surface area contributed by atoms with Crippen molar-refractivity contribution in [3.8, 4) is 0 Å². The average Bonchev–Trinajstić information content (AvgIpc) is 2.43. The van der Waals surface area contributed by atoms with Crippen LogP contribution in [0.3, 0.4) is 0 Å². The summed E-state index contributed by atoms with van der Waals surface area (Å²) in [5.74, 6) is -0.794. The van der Waals surface area contributed by atoms with Gasteiger partial charge >= 0.3 is 0 Å². The first-order chi connectivity index (χ1) is 9.47. The fraction of sp³-hybridized carbons (Fsp3) is 0.429. The number of benzene rings is 1. The third-order valence-corrected chi connectivity index (χ3v) is 4.87. The van der Waals surface area contributed by atoms with E-state index in [1.165, 1.54) is 6.07 Å². The van der Waals surface area contributed by atoms with E-state index in [1.807, 2.05) is 0 Å². The second kappa shape index (κ2) is 6.18. The Hall–Kier alpha value is -1.01. The summed E-state index contributed by atoms with van der Waals surface area (Å²) in [6.07, 6.45) is 4.13. The van der Waals surface area contributed by atoms with Crippen LogP contribution >= 0.6 is 28.1 Å². The average molecular weight is 359 g/mol. The van der Waals surface area contributed by atoms with Crippen LogP contribution in [-0.4, -0.2) is 10.9 Å². The van der Waals surface area contributed by atoms with Crippen LogP contribution < -0.4 is 11.1 Å². The van der Waals surface area contributed by atoms with E-state index in [2.05, 4.69) is 21.2 Å². The fourth-order valence-corrected chi connectivity index (χ4v) is 3.33. The van der Waals surface area contributed by atoms with Crippen LogP contribution in [0.4, 0.5) is 10.1 Å². The van der Waals surface area contributed by atoms with Gasteiger partial charge in [0.2, 0.25) is 5.91 Å². The Morgan fingerprint density at radius 3 is 2.55 bits per heavy atom. The van der Waals surface area contributed by atoms with Crippen molar-refractivity contribution in [3.05, 3.63) is 28.5 Å². The molecule has 0 bridgehead atoms. The first-order valence-corrected chi connectivity index (χ1v) is 7.73. The third-order valence-electron chi connectivity index (χ3n) is 3.81. The van der Waals surface area contributed by atoms with Crippen LogP contribution in [0.2, 0.25) is 0 Å². The topological polar surface area (TPSA) is 55.1 Å². The van der Waals surface area contributed by atoms with Crippen LogP contribution in [0.1, 0.15) is 32.1 Å². The summed E-state index contributed by atoms with van der Waals surface area (Å²) in [4.78, 5) is 12.8. The number of rotatable bonds is 3. The molecule has 3 N–H and O–H groups in total. The highest BCUT2D eigenvalue weighted by Crippen LogP contribution is 2.38. The van der Waals surface area contributed by atoms with Gasteiger partial charge in [-0.25, -0.2) is 4.39 Å². The molecule has 0 radical (unpaired) electrons. The van der Waals surface area contributed by atoms with E-state index in [0.717, 1.165) is 19.3 Å². The summed E-state index contributed by atoms with van der Waals surface area (Å²) in [6, 6.07) is 4.54. The number of para-hydroxylation sites is 1. The molecular weight excluding hydrogens is 343 g/mol. The van der Waals surface area contributed by atoms with E-state index < -0.39 is 11.2 Å². The molecule has 108 valence electrons. The number of thiocarbonyl (C=S) groups is 1. The molecule has 1 aliphatic rings. The first kappa shape index (κ1) is 15.4. The number of anilines is 1. The van der Waals surface area contributed by atoms with Crippen molar-refractivity contribution in [1.82, 2.24) is 0 Å². The lowest BCUT2D eigenvalue weighted by molar-refractivity contribution is -0.123. The van der Waals surface area contributed by atoms with Crippen LogP contribution in [-0.2, 0) is 4.79 Å². The SMILES string of the molecule is NC(=S)C1(C(=O)Nc2c(F)cccc2Br)CCCCC1. The first-order valence-electron chi connectivity index (χ1n) is 6.53. The normalized spacial score (nSPS) is 17.5. The summed E-state index contributed by atoms with van der Waals surface area (Å²) in [5.41, 5.74) is 5.08. The van der Waals surface area contributed by atoms with Gasteiger partial charge in [-0.1, -0.05) is 37.5 Å². The highest BCUT2D eigenvalue weighted by atomic mass is 79.9. The molecule has 6 heteroatoms. The van der Waals surface area contributed by atoms with Crippen LogP contribution in [0.15, 0.2) is 22.7 Å². The molecule has 3 nitrogen and oxygen atoms in total. The lowest BCUT2D eigenvalue weighted by Gasteiger charge is -2.34. The van der Waals surface area contributed by atoms with Crippen molar-refractivity contribution < 1.29 is 9.18 Å². The molecule has 1 fully saturated rings. The maximum atomic E-state index is 13.8. The van der Waals surface area contributed by atoms with Gasteiger partial charge < -0.3 is 11.1 Å². The van der Waals surface area contributed by atoms with Crippen molar-refractivity contribution in [2.75, 3.05) is 5.32 Å². The predicted molar refractivity (Wildman–Crippen MR) is 85.0 cm³/mol. The lowest BCUT2D eigenvalue weighted by Crippen LogP contribution is -2.47. The number of nitrogens with two attached hydrogens (primary N) is 1. The smallest absolute Gasteiger partial charge is 0.237 e. The molecule has 1 amide bonds. The molecule has 1 aromatic carbocycles. The molecule has 1 aliphatic carbocycles. The summed E-state index contributed by atoms with van der Waals surface area (Å²) in [6.45, 7) is 0. The molecule has 0 aliphatic heterocycles. The van der Waals surface area contributed by atoms with Gasteiger partial charge in [0.1, 0.15) is 5.82 Å². The van der Waals surface area contributed by atoms with E-state index in [4.69, 9.17) is 18.0 Å². The number of carbonyl (C=O) groups is 1. The molecule has 0 unspecified atom stereocenters. The Labute approximate surface area is 131 Å². The zero-order chi connectivity index (χ0) is 14.8. The minimum atomic E-state index is -0.852. The monoisotopic (exact) mass is 358 g/mol. The van der Waals surface area contributed by atoms with E-state index in [0.29, 0.717) is 17.3 Å². The number of halogens is 2. The predicted octanol–water partition coefficient (Wildman–Crippen LogP) is 3.76. The molecule has 2 rings (SSSR count). The van der Waals surface area contributed by atoms with Gasteiger partial charge in [0.05, 0.1) is 16.1 Å². The highest BCUT2D eigenvalue weighted by molar-refractivity contribution is 9.10. The minimum Gasteiger partial charge on any atom is -0.392 e. The van der Waals surface area contributed by atoms with Gasteiger partial charge in [0, 0.05) is 4.47 Å². The number of carbonyl (C=O) groups excluding carboxylic acids is 1. The van der Waals surface area contributed by atoms with Gasteiger partial charge in [0.15, 0.2) is 0 Å². The molecule has 0 atom stereocenters. The van der Waals surface area contributed by atoms with Crippen LogP contribution in [0, 0.1) is 11.2 Å². The molecular formula is C14H16BrFN2OS. The van der Waals surface area contributed by atoms with Crippen molar-refractivity contribution in [3.63, 3.8) is 0 Å². The fourth-order valence-electron chi connectivity index (χ4n) is 2.59. The molecule has 1 saturated carbocycles. The van der Waals surface area contributed by atoms with E-state index in [1.54, 1.807) is 12.1 Å². The minimum absolute atomic E-state index is 0.138. The quantitative estimate of drug-likeness (QED) is 0.808. The molecule has 1 aromatic rings. The Balaban J connectivity index is 2.28. The Morgan fingerprint density at radius 2 is 2.00 bits per heavy atom. The van der Waals surface area contributed by atoms with Crippen molar-refractivity contribution in [1.29, 1.82) is 0 Å². The second-order valence-corrected chi connectivity index (χ2v) is 6.35. The Kier molecular flexibility index (Phi) is 4.75. The van der Waals surface area contributed by atoms with Crippen molar-refractivity contribution >= 4 is 44.7 Å². The summed E-state index contributed by atoms with van der Waals surface area (Å²) in [7, 11) is 0. The van der Waals surface area contributed by atoms with Gasteiger partial charge in [-0.3, -0.25) is 4.79 Å². The zero-order valence-electron chi connectivity index (χ0n) is 10.9. The van der Waals surface area contributed by atoms with Gasteiger partial charge in [-0.15, -0.1) is 0 Å². The Bertz CT molecular complexity index is 524. The van der Waals surface area contributed by atoms with Gasteiger partial charge in [-0.05, 0) is 40.9 Å². The number of amides is 1. The number of hydrogen-bond donors (Lipinski definition) is 2. The summed E-state index contributed by atoms with van der Waals surface area (Å²) in [5, 5.41) is 2.64. The maximum absolute atomic E-state index is 13.8. The van der Waals surface area contributed by atoms with Gasteiger partial charge in [0.25, 0.3) is 0 Å². The summed E-state index contributed by atoms with van der Waals surface area (Å²) >= 11 is 8.33. The number of nitrogens with one attached hydrogen (secondary N) is 1. The third kappa shape index (κ3) is 2.86. The van der Waals surface area contributed by atoms with E-state index in [-0.39, 0.29) is 16.6 Å². The van der Waals surface area contributed by atoms with Crippen LogP contribution in [0.5, 0.6) is 0 Å².